The average Bonchev–Trinajstić information content (AvgIpc) is 2.79. The van der Waals surface area contributed by atoms with Crippen molar-refractivity contribution in [1.82, 2.24) is 5.32 Å². The van der Waals surface area contributed by atoms with Gasteiger partial charge in [-0.1, -0.05) is 30.3 Å². The van der Waals surface area contributed by atoms with Crippen LogP contribution >= 0.6 is 0 Å². The van der Waals surface area contributed by atoms with E-state index in [1.54, 1.807) is 0 Å². The smallest absolute Gasteiger partial charge is 0.323 e. The molecule has 92 valence electrons. The van der Waals surface area contributed by atoms with E-state index in [1.807, 2.05) is 13.0 Å². The summed E-state index contributed by atoms with van der Waals surface area (Å²) >= 11 is 0. The molecule has 1 saturated heterocycles. The van der Waals surface area contributed by atoms with Crippen LogP contribution in [-0.4, -0.2) is 25.2 Å². The van der Waals surface area contributed by atoms with Crippen molar-refractivity contribution in [3.05, 3.63) is 35.9 Å². The first-order chi connectivity index (χ1) is 8.29. The Bertz CT molecular complexity index is 364. The van der Waals surface area contributed by atoms with Crippen LogP contribution in [0.3, 0.4) is 0 Å². The molecule has 0 saturated carbocycles. The number of hydrogen-bond donors (Lipinski definition) is 1. The Morgan fingerprint density at radius 2 is 2.18 bits per heavy atom. The van der Waals surface area contributed by atoms with Crippen molar-refractivity contribution >= 4 is 5.97 Å². The molecule has 17 heavy (non-hydrogen) atoms. The van der Waals surface area contributed by atoms with Crippen LogP contribution < -0.4 is 5.32 Å². The maximum absolute atomic E-state index is 11.6. The maximum Gasteiger partial charge on any atom is 0.323 e. The van der Waals surface area contributed by atoms with Gasteiger partial charge in [-0.15, -0.1) is 0 Å². The summed E-state index contributed by atoms with van der Waals surface area (Å²) in [4.78, 5) is 11.6. The first-order valence-corrected chi connectivity index (χ1v) is 6.23. The second-order valence-electron chi connectivity index (χ2n) is 4.50. The molecule has 1 aromatic carbocycles. The number of ether oxygens (including phenoxy) is 1. The Morgan fingerprint density at radius 3 is 2.88 bits per heavy atom. The van der Waals surface area contributed by atoms with Gasteiger partial charge in [0.15, 0.2) is 0 Å². The fourth-order valence-corrected chi connectivity index (χ4v) is 2.33. The lowest BCUT2D eigenvalue weighted by molar-refractivity contribution is -0.145. The highest BCUT2D eigenvalue weighted by molar-refractivity contribution is 5.76. The number of carbonyl (C=O) groups is 1. The van der Waals surface area contributed by atoms with Crippen LogP contribution in [0.25, 0.3) is 0 Å². The molecule has 1 aromatic rings. The van der Waals surface area contributed by atoms with Crippen molar-refractivity contribution in [3.8, 4) is 0 Å². The fraction of sp³-hybridized carbons (Fsp3) is 0.500. The van der Waals surface area contributed by atoms with Crippen molar-refractivity contribution < 1.29 is 9.53 Å². The molecule has 0 bridgehead atoms. The molecule has 0 unspecified atom stereocenters. The number of nitrogens with one attached hydrogen (secondary N) is 1. The lowest BCUT2D eigenvalue weighted by Crippen LogP contribution is -2.32. The van der Waals surface area contributed by atoms with Gasteiger partial charge >= 0.3 is 5.97 Å². The minimum absolute atomic E-state index is 0.108. The van der Waals surface area contributed by atoms with Gasteiger partial charge < -0.3 is 10.1 Å². The predicted molar refractivity (Wildman–Crippen MR) is 66.7 cm³/mol. The number of rotatable bonds is 4. The number of carbonyl (C=O) groups excluding carboxylic acids is 1. The Balaban J connectivity index is 1.84. The minimum atomic E-state index is -0.108. The largest absolute Gasteiger partial charge is 0.465 e. The van der Waals surface area contributed by atoms with Crippen molar-refractivity contribution in [2.24, 2.45) is 5.92 Å². The summed E-state index contributed by atoms with van der Waals surface area (Å²) in [5.41, 5.74) is 1.34. The minimum Gasteiger partial charge on any atom is -0.465 e. The van der Waals surface area contributed by atoms with Gasteiger partial charge in [-0.3, -0.25) is 4.79 Å². The van der Waals surface area contributed by atoms with Crippen LogP contribution in [0.2, 0.25) is 0 Å². The van der Waals surface area contributed by atoms with E-state index in [2.05, 4.69) is 29.6 Å². The van der Waals surface area contributed by atoms with E-state index >= 15 is 0 Å². The Labute approximate surface area is 102 Å². The van der Waals surface area contributed by atoms with E-state index in [9.17, 15) is 4.79 Å². The summed E-state index contributed by atoms with van der Waals surface area (Å²) in [6.45, 7) is 3.20. The van der Waals surface area contributed by atoms with E-state index in [1.165, 1.54) is 5.56 Å². The van der Waals surface area contributed by atoms with Gasteiger partial charge in [-0.05, 0) is 37.8 Å². The lowest BCUT2D eigenvalue weighted by atomic mass is 9.97. The lowest BCUT2D eigenvalue weighted by Gasteiger charge is -2.09. The summed E-state index contributed by atoms with van der Waals surface area (Å²) in [5, 5.41) is 3.24. The van der Waals surface area contributed by atoms with Crippen LogP contribution in [0.5, 0.6) is 0 Å². The zero-order valence-electron chi connectivity index (χ0n) is 10.2. The van der Waals surface area contributed by atoms with E-state index in [0.717, 1.165) is 19.4 Å². The standard InChI is InChI=1S/C14H19NO2/c1-2-17-14(16)13-9-12(10-15-13)8-11-6-4-3-5-7-11/h3-7,12-13,15H,2,8-10H2,1H3/t12-,13-/m0/s1. The fourth-order valence-electron chi connectivity index (χ4n) is 2.33. The van der Waals surface area contributed by atoms with Crippen LogP contribution in [0.15, 0.2) is 30.3 Å². The summed E-state index contributed by atoms with van der Waals surface area (Å²) < 4.78 is 5.02. The summed E-state index contributed by atoms with van der Waals surface area (Å²) in [6.07, 6.45) is 1.91. The highest BCUT2D eigenvalue weighted by Crippen LogP contribution is 2.19. The molecule has 0 aromatic heterocycles. The highest BCUT2D eigenvalue weighted by Gasteiger charge is 2.30. The Morgan fingerprint density at radius 1 is 1.41 bits per heavy atom. The molecule has 0 amide bonds. The SMILES string of the molecule is CCOC(=O)[C@@H]1C[C@H](Cc2ccccc2)CN1. The van der Waals surface area contributed by atoms with E-state index in [-0.39, 0.29) is 12.0 Å². The third-order valence-corrected chi connectivity index (χ3v) is 3.16. The van der Waals surface area contributed by atoms with E-state index in [4.69, 9.17) is 4.74 Å². The molecule has 0 spiro atoms. The molecule has 2 atom stereocenters. The normalized spacial score (nSPS) is 23.6. The average molecular weight is 233 g/mol. The number of hydrogen-bond acceptors (Lipinski definition) is 3. The molecular formula is C14H19NO2. The molecule has 1 heterocycles. The first-order valence-electron chi connectivity index (χ1n) is 6.23. The highest BCUT2D eigenvalue weighted by atomic mass is 16.5. The molecule has 1 aliphatic rings. The van der Waals surface area contributed by atoms with Gasteiger partial charge in [-0.2, -0.15) is 0 Å². The summed E-state index contributed by atoms with van der Waals surface area (Å²) in [5.74, 6) is 0.426. The second kappa shape index (κ2) is 5.82. The quantitative estimate of drug-likeness (QED) is 0.805. The van der Waals surface area contributed by atoms with Gasteiger partial charge in [0.2, 0.25) is 0 Å². The van der Waals surface area contributed by atoms with Crippen LogP contribution in [-0.2, 0) is 16.0 Å². The zero-order valence-corrected chi connectivity index (χ0v) is 10.2. The molecule has 0 radical (unpaired) electrons. The molecule has 1 aliphatic heterocycles. The molecule has 1 N–H and O–H groups in total. The van der Waals surface area contributed by atoms with Crippen LogP contribution in [0.4, 0.5) is 0 Å². The van der Waals surface area contributed by atoms with Crippen molar-refractivity contribution in [3.63, 3.8) is 0 Å². The van der Waals surface area contributed by atoms with Crippen LogP contribution in [0.1, 0.15) is 18.9 Å². The Hall–Kier alpha value is -1.35. The third kappa shape index (κ3) is 3.30. The number of benzene rings is 1. The number of esters is 1. The third-order valence-electron chi connectivity index (χ3n) is 3.16. The van der Waals surface area contributed by atoms with E-state index in [0.29, 0.717) is 12.5 Å². The zero-order chi connectivity index (χ0) is 12.1. The van der Waals surface area contributed by atoms with Crippen molar-refractivity contribution in [2.45, 2.75) is 25.8 Å². The maximum atomic E-state index is 11.6. The molecule has 3 nitrogen and oxygen atoms in total. The van der Waals surface area contributed by atoms with Gasteiger partial charge in [0, 0.05) is 0 Å². The molecule has 1 fully saturated rings. The monoisotopic (exact) mass is 233 g/mol. The first kappa shape index (κ1) is 12.1. The van der Waals surface area contributed by atoms with Gasteiger partial charge in [0.05, 0.1) is 6.61 Å². The van der Waals surface area contributed by atoms with Crippen molar-refractivity contribution in [1.29, 1.82) is 0 Å². The predicted octanol–water partition coefficient (Wildman–Crippen LogP) is 1.77. The Kier molecular flexibility index (Phi) is 4.15. The molecule has 3 heteroatoms. The van der Waals surface area contributed by atoms with Crippen LogP contribution in [0, 0.1) is 5.92 Å². The topological polar surface area (TPSA) is 38.3 Å². The molecule has 0 aliphatic carbocycles. The molecular weight excluding hydrogens is 214 g/mol. The van der Waals surface area contributed by atoms with Gasteiger partial charge in [-0.25, -0.2) is 0 Å². The van der Waals surface area contributed by atoms with Gasteiger partial charge in [0.25, 0.3) is 0 Å². The molecule has 2 rings (SSSR count). The second-order valence-corrected chi connectivity index (χ2v) is 4.50. The van der Waals surface area contributed by atoms with Crippen molar-refractivity contribution in [2.75, 3.05) is 13.2 Å². The summed E-state index contributed by atoms with van der Waals surface area (Å²) in [7, 11) is 0. The van der Waals surface area contributed by atoms with E-state index < -0.39 is 0 Å². The summed E-state index contributed by atoms with van der Waals surface area (Å²) in [6, 6.07) is 10.3. The van der Waals surface area contributed by atoms with Gasteiger partial charge in [0.1, 0.15) is 6.04 Å².